The van der Waals surface area contributed by atoms with Crippen LogP contribution in [0.2, 0.25) is 0 Å². The van der Waals surface area contributed by atoms with Crippen LogP contribution in [-0.2, 0) is 14.3 Å². The predicted octanol–water partition coefficient (Wildman–Crippen LogP) is 5.94. The maximum Gasteiger partial charge on any atom is 0.339 e. The molecule has 0 radical (unpaired) electrons. The minimum atomic E-state index is -0.641. The summed E-state index contributed by atoms with van der Waals surface area (Å²) in [7, 11) is 1.52. The first-order valence-corrected chi connectivity index (χ1v) is 14.1. The molecule has 8 heteroatoms. The van der Waals surface area contributed by atoms with Crippen LogP contribution < -0.4 is 9.64 Å². The number of Topliss-reactive ketones (excluding diaryl/α,β-unsaturated/α-hetero) is 1. The Balaban J connectivity index is 1.27. The fourth-order valence-electron chi connectivity index (χ4n) is 5.94. The highest BCUT2D eigenvalue weighted by Gasteiger charge is 2.48. The van der Waals surface area contributed by atoms with E-state index in [1.54, 1.807) is 54.6 Å². The summed E-state index contributed by atoms with van der Waals surface area (Å²) in [6.45, 7) is 1.50. The Morgan fingerprint density at radius 1 is 0.905 bits per heavy atom. The smallest absolute Gasteiger partial charge is 0.339 e. The number of ether oxygens (including phenoxy) is 2. The van der Waals surface area contributed by atoms with Gasteiger partial charge < -0.3 is 9.47 Å². The maximum absolute atomic E-state index is 13.3. The number of imide groups is 1. The third-order valence-corrected chi connectivity index (χ3v) is 8.17. The number of aromatic nitrogens is 1. The Bertz CT molecular complexity index is 1700. The van der Waals surface area contributed by atoms with Gasteiger partial charge in [0.2, 0.25) is 11.8 Å². The molecular weight excluding hydrogens is 532 g/mol. The number of anilines is 1. The lowest BCUT2D eigenvalue weighted by Gasteiger charge is -2.19. The summed E-state index contributed by atoms with van der Waals surface area (Å²) in [5.41, 5.74) is 3.99. The molecule has 0 bridgehead atoms. The van der Waals surface area contributed by atoms with Gasteiger partial charge in [-0.2, -0.15) is 0 Å². The van der Waals surface area contributed by atoms with E-state index in [0.717, 1.165) is 31.2 Å². The van der Waals surface area contributed by atoms with Gasteiger partial charge in [0.1, 0.15) is 5.75 Å². The number of esters is 1. The molecule has 2 aliphatic rings. The molecule has 1 saturated carbocycles. The van der Waals surface area contributed by atoms with Crippen molar-refractivity contribution >= 4 is 40.2 Å². The van der Waals surface area contributed by atoms with Crippen LogP contribution in [0.5, 0.6) is 5.75 Å². The van der Waals surface area contributed by atoms with Gasteiger partial charge in [0.05, 0.1) is 41.4 Å². The van der Waals surface area contributed by atoms with Crippen molar-refractivity contribution in [1.29, 1.82) is 0 Å². The van der Waals surface area contributed by atoms with E-state index in [0.29, 0.717) is 39.2 Å². The molecule has 2 atom stereocenters. The first-order valence-electron chi connectivity index (χ1n) is 14.1. The van der Waals surface area contributed by atoms with Gasteiger partial charge in [0.25, 0.3) is 0 Å². The second-order valence-electron chi connectivity index (χ2n) is 10.9. The number of hydrogen-bond acceptors (Lipinski definition) is 7. The molecule has 6 rings (SSSR count). The molecule has 4 aromatic rings. The van der Waals surface area contributed by atoms with E-state index in [4.69, 9.17) is 14.5 Å². The number of nitrogens with zero attached hydrogens (tertiary/aromatic N) is 2. The number of rotatable bonds is 7. The van der Waals surface area contributed by atoms with Gasteiger partial charge in [-0.05, 0) is 62.2 Å². The van der Waals surface area contributed by atoms with Crippen LogP contribution in [0.15, 0.2) is 72.8 Å². The number of ketones is 1. The SMILES string of the molecule is COc1cccc(C(=O)COC(=O)c2cc(-c3ccc(N4C(=O)C5CCCCC5C4=O)cc3)nc3ccc(C)cc23)c1. The van der Waals surface area contributed by atoms with Crippen LogP contribution in [0.4, 0.5) is 5.69 Å². The lowest BCUT2D eigenvalue weighted by molar-refractivity contribution is -0.122. The average Bonchev–Trinajstić information content (AvgIpc) is 3.28. The van der Waals surface area contributed by atoms with Gasteiger partial charge in [-0.1, -0.05) is 48.7 Å². The molecule has 212 valence electrons. The van der Waals surface area contributed by atoms with Crippen molar-refractivity contribution in [3.8, 4) is 17.0 Å². The highest BCUT2D eigenvalue weighted by Crippen LogP contribution is 2.40. The van der Waals surface area contributed by atoms with E-state index in [1.165, 1.54) is 12.0 Å². The lowest BCUT2D eigenvalue weighted by Crippen LogP contribution is -2.30. The third-order valence-electron chi connectivity index (χ3n) is 8.17. The molecule has 8 nitrogen and oxygen atoms in total. The zero-order valence-corrected chi connectivity index (χ0v) is 23.5. The summed E-state index contributed by atoms with van der Waals surface area (Å²) in [6.07, 6.45) is 3.46. The zero-order valence-electron chi connectivity index (χ0n) is 23.5. The summed E-state index contributed by atoms with van der Waals surface area (Å²) >= 11 is 0. The lowest BCUT2D eigenvalue weighted by atomic mass is 9.81. The topological polar surface area (TPSA) is 103 Å². The van der Waals surface area contributed by atoms with Crippen LogP contribution in [0.25, 0.3) is 22.2 Å². The number of carbonyl (C=O) groups excluding carboxylic acids is 4. The fraction of sp³-hybridized carbons (Fsp3) is 0.265. The van der Waals surface area contributed by atoms with Gasteiger partial charge in [0.15, 0.2) is 12.4 Å². The van der Waals surface area contributed by atoms with Crippen molar-refractivity contribution in [2.24, 2.45) is 11.8 Å². The molecule has 0 N–H and O–H groups in total. The van der Waals surface area contributed by atoms with Crippen LogP contribution in [0.1, 0.15) is 52.0 Å². The van der Waals surface area contributed by atoms with E-state index in [2.05, 4.69) is 0 Å². The normalized spacial score (nSPS) is 18.2. The highest BCUT2D eigenvalue weighted by molar-refractivity contribution is 6.22. The molecule has 1 aromatic heterocycles. The van der Waals surface area contributed by atoms with Crippen molar-refractivity contribution in [3.63, 3.8) is 0 Å². The number of aryl methyl sites for hydroxylation is 1. The predicted molar refractivity (Wildman–Crippen MR) is 157 cm³/mol. The van der Waals surface area contributed by atoms with Crippen LogP contribution in [0.3, 0.4) is 0 Å². The van der Waals surface area contributed by atoms with Gasteiger partial charge >= 0.3 is 5.97 Å². The minimum Gasteiger partial charge on any atom is -0.497 e. The van der Waals surface area contributed by atoms with Gasteiger partial charge in [0, 0.05) is 16.5 Å². The summed E-state index contributed by atoms with van der Waals surface area (Å²) < 4.78 is 10.7. The molecule has 42 heavy (non-hydrogen) atoms. The molecule has 2 fully saturated rings. The number of pyridine rings is 1. The number of hydrogen-bond donors (Lipinski definition) is 0. The molecule has 2 unspecified atom stereocenters. The molecular formula is C34H30N2O6. The molecule has 3 aromatic carbocycles. The molecule has 2 amide bonds. The minimum absolute atomic E-state index is 0.120. The first-order chi connectivity index (χ1) is 20.3. The molecule has 1 saturated heterocycles. The number of amides is 2. The molecule has 2 heterocycles. The number of methoxy groups -OCH3 is 1. The third kappa shape index (κ3) is 5.04. The quantitative estimate of drug-likeness (QED) is 0.156. The molecule has 0 spiro atoms. The number of carbonyl (C=O) groups is 4. The van der Waals surface area contributed by atoms with Crippen molar-refractivity contribution < 1.29 is 28.7 Å². The molecule has 1 aliphatic carbocycles. The van der Waals surface area contributed by atoms with E-state index >= 15 is 0 Å². The van der Waals surface area contributed by atoms with Gasteiger partial charge in [-0.15, -0.1) is 0 Å². The van der Waals surface area contributed by atoms with E-state index in [9.17, 15) is 19.2 Å². The Labute approximate surface area is 243 Å². The van der Waals surface area contributed by atoms with Crippen LogP contribution >= 0.6 is 0 Å². The van der Waals surface area contributed by atoms with Crippen molar-refractivity contribution in [3.05, 3.63) is 89.5 Å². The second-order valence-corrected chi connectivity index (χ2v) is 10.9. The standard InChI is InChI=1S/C34H30N2O6/c1-20-10-15-29-27(16-20)28(34(40)42-19-31(37)22-6-5-7-24(17-22)41-2)18-30(35-29)21-11-13-23(14-12-21)36-32(38)25-8-3-4-9-26(25)33(36)39/h5-7,10-18,25-26H,3-4,8-9,19H2,1-2H3. The molecule has 1 aliphatic heterocycles. The monoisotopic (exact) mass is 562 g/mol. The fourth-order valence-corrected chi connectivity index (χ4v) is 5.94. The highest BCUT2D eigenvalue weighted by atomic mass is 16.5. The second kappa shape index (κ2) is 11.2. The van der Waals surface area contributed by atoms with Crippen molar-refractivity contribution in [2.75, 3.05) is 18.6 Å². The maximum atomic E-state index is 13.3. The Morgan fingerprint density at radius 2 is 1.62 bits per heavy atom. The first kappa shape index (κ1) is 27.3. The van der Waals surface area contributed by atoms with Gasteiger partial charge in [-0.3, -0.25) is 19.3 Å². The van der Waals surface area contributed by atoms with Crippen LogP contribution in [-0.4, -0.2) is 42.3 Å². The number of benzene rings is 3. The summed E-state index contributed by atoms with van der Waals surface area (Å²) in [4.78, 5) is 58.2. The summed E-state index contributed by atoms with van der Waals surface area (Å²) in [5, 5.41) is 0.616. The van der Waals surface area contributed by atoms with Crippen molar-refractivity contribution in [1.82, 2.24) is 4.98 Å². The Kier molecular flexibility index (Phi) is 7.29. The largest absolute Gasteiger partial charge is 0.497 e. The Hall–Kier alpha value is -4.85. The van der Waals surface area contributed by atoms with E-state index in [1.807, 2.05) is 25.1 Å². The average molecular weight is 563 g/mol. The van der Waals surface area contributed by atoms with E-state index in [-0.39, 0.29) is 35.0 Å². The van der Waals surface area contributed by atoms with E-state index < -0.39 is 12.6 Å². The summed E-state index contributed by atoms with van der Waals surface area (Å²) in [5.74, 6) is -1.14. The Morgan fingerprint density at radius 3 is 2.31 bits per heavy atom. The van der Waals surface area contributed by atoms with Gasteiger partial charge in [-0.25, -0.2) is 9.78 Å². The van der Waals surface area contributed by atoms with Crippen molar-refractivity contribution in [2.45, 2.75) is 32.6 Å². The number of fused-ring (bicyclic) bond motifs is 2. The summed E-state index contributed by atoms with van der Waals surface area (Å²) in [6, 6.07) is 21.0. The zero-order chi connectivity index (χ0) is 29.4. The van der Waals surface area contributed by atoms with Crippen LogP contribution in [0, 0.1) is 18.8 Å².